The molecule has 1 N–H and O–H groups in total. The van der Waals surface area contributed by atoms with Crippen LogP contribution in [0.4, 0.5) is 4.39 Å². The van der Waals surface area contributed by atoms with Crippen molar-refractivity contribution in [3.05, 3.63) is 34.1 Å². The molecule has 0 aliphatic carbocycles. The quantitative estimate of drug-likeness (QED) is 0.859. The van der Waals surface area contributed by atoms with Crippen LogP contribution in [0.25, 0.3) is 0 Å². The van der Waals surface area contributed by atoms with E-state index in [-0.39, 0.29) is 31.1 Å². The Labute approximate surface area is 136 Å². The molecule has 1 fully saturated rings. The van der Waals surface area contributed by atoms with Gasteiger partial charge >= 0.3 is 5.97 Å². The van der Waals surface area contributed by atoms with E-state index in [1.54, 1.807) is 17.0 Å². The molecule has 0 saturated carbocycles. The highest BCUT2D eigenvalue weighted by atomic mass is 79.9. The highest BCUT2D eigenvalue weighted by Crippen LogP contribution is 2.17. The monoisotopic (exact) mass is 373 g/mol. The number of nitrogens with zero attached hydrogens (tertiary/aromatic N) is 1. The van der Waals surface area contributed by atoms with Gasteiger partial charge in [-0.25, -0.2) is 4.39 Å². The summed E-state index contributed by atoms with van der Waals surface area (Å²) < 4.78 is 19.7. The van der Waals surface area contributed by atoms with Crippen LogP contribution in [0.2, 0.25) is 0 Å². The normalized spacial score (nSPS) is 18.3. The predicted octanol–water partition coefficient (Wildman–Crippen LogP) is 2.22. The molecule has 0 radical (unpaired) electrons. The Bertz CT molecular complexity index is 566. The molecule has 1 aromatic rings. The molecule has 7 heteroatoms. The number of rotatable bonds is 5. The van der Waals surface area contributed by atoms with E-state index in [9.17, 15) is 14.0 Å². The smallest absolute Gasteiger partial charge is 0.306 e. The fourth-order valence-corrected chi connectivity index (χ4v) is 2.72. The van der Waals surface area contributed by atoms with Gasteiger partial charge in [-0.15, -0.1) is 0 Å². The molecule has 22 heavy (non-hydrogen) atoms. The van der Waals surface area contributed by atoms with Gasteiger partial charge in [0.2, 0.25) is 5.91 Å². The van der Waals surface area contributed by atoms with E-state index < -0.39 is 12.1 Å². The number of carbonyl (C=O) groups excluding carboxylic acids is 1. The summed E-state index contributed by atoms with van der Waals surface area (Å²) in [7, 11) is 0. The van der Waals surface area contributed by atoms with Gasteiger partial charge in [0.1, 0.15) is 5.82 Å². The van der Waals surface area contributed by atoms with E-state index in [0.717, 1.165) is 0 Å². The first-order chi connectivity index (χ1) is 10.5. The van der Waals surface area contributed by atoms with Gasteiger partial charge in [0.15, 0.2) is 0 Å². The van der Waals surface area contributed by atoms with Gasteiger partial charge in [0, 0.05) is 24.0 Å². The number of amides is 1. The highest BCUT2D eigenvalue weighted by molar-refractivity contribution is 9.10. The van der Waals surface area contributed by atoms with Crippen LogP contribution < -0.4 is 0 Å². The summed E-state index contributed by atoms with van der Waals surface area (Å²) in [5.41, 5.74) is 0.492. The lowest BCUT2D eigenvalue weighted by Crippen LogP contribution is -2.46. The van der Waals surface area contributed by atoms with Gasteiger partial charge in [-0.05, 0) is 24.1 Å². The minimum atomic E-state index is -0.948. The van der Waals surface area contributed by atoms with Gasteiger partial charge in [-0.1, -0.05) is 22.0 Å². The number of carboxylic acid groups (broad SMARTS) is 1. The Morgan fingerprint density at radius 1 is 1.45 bits per heavy atom. The number of hydrogen-bond donors (Lipinski definition) is 1. The fourth-order valence-electron chi connectivity index (χ4n) is 2.39. The summed E-state index contributed by atoms with van der Waals surface area (Å²) >= 11 is 3.19. The summed E-state index contributed by atoms with van der Waals surface area (Å²) in [5.74, 6) is -1.40. The average Bonchev–Trinajstić information content (AvgIpc) is 2.45. The summed E-state index contributed by atoms with van der Waals surface area (Å²) in [6.45, 7) is 1.04. The van der Waals surface area contributed by atoms with Crippen LogP contribution in [0, 0.1) is 5.82 Å². The van der Waals surface area contributed by atoms with Crippen molar-refractivity contribution in [1.29, 1.82) is 0 Å². The lowest BCUT2D eigenvalue weighted by Gasteiger charge is -2.32. The number of ether oxygens (including phenoxy) is 1. The fraction of sp³-hybridized carbons (Fsp3) is 0.467. The molecule has 5 nitrogen and oxygen atoms in total. The van der Waals surface area contributed by atoms with Crippen LogP contribution in [0.3, 0.4) is 0 Å². The van der Waals surface area contributed by atoms with Crippen molar-refractivity contribution >= 4 is 27.8 Å². The van der Waals surface area contributed by atoms with Crippen LogP contribution in [0.15, 0.2) is 22.7 Å². The van der Waals surface area contributed by atoms with Crippen molar-refractivity contribution in [3.63, 3.8) is 0 Å². The zero-order valence-corrected chi connectivity index (χ0v) is 13.5. The molecule has 1 saturated heterocycles. The topological polar surface area (TPSA) is 66.8 Å². The lowest BCUT2D eigenvalue weighted by atomic mass is 10.1. The number of carbonyl (C=O) groups is 2. The van der Waals surface area contributed by atoms with Gasteiger partial charge in [-0.2, -0.15) is 0 Å². The Morgan fingerprint density at radius 2 is 2.23 bits per heavy atom. The Balaban J connectivity index is 1.87. The Hall–Kier alpha value is -1.47. The number of aryl methyl sites for hydroxylation is 1. The van der Waals surface area contributed by atoms with E-state index in [0.29, 0.717) is 29.6 Å². The van der Waals surface area contributed by atoms with Crippen molar-refractivity contribution in [1.82, 2.24) is 4.90 Å². The zero-order chi connectivity index (χ0) is 16.1. The van der Waals surface area contributed by atoms with E-state index in [4.69, 9.17) is 9.84 Å². The molecule has 0 aromatic heterocycles. The first kappa shape index (κ1) is 16.9. The van der Waals surface area contributed by atoms with Crippen molar-refractivity contribution in [3.8, 4) is 0 Å². The standard InChI is InChI=1S/C15H17BrFNO4/c16-11-3-1-10(13(17)7-11)2-4-14(19)18-5-6-22-12(9-18)8-15(20)21/h1,3,7,12H,2,4-6,8-9H2,(H,20,21). The Morgan fingerprint density at radius 3 is 2.91 bits per heavy atom. The van der Waals surface area contributed by atoms with Crippen molar-refractivity contribution in [2.75, 3.05) is 19.7 Å². The van der Waals surface area contributed by atoms with Crippen molar-refractivity contribution in [2.24, 2.45) is 0 Å². The lowest BCUT2D eigenvalue weighted by molar-refractivity contribution is -0.147. The molecule has 1 amide bonds. The molecular weight excluding hydrogens is 357 g/mol. The number of benzene rings is 1. The summed E-state index contributed by atoms with van der Waals surface area (Å²) in [6.07, 6.45) is -0.0813. The van der Waals surface area contributed by atoms with Gasteiger partial charge in [0.05, 0.1) is 19.1 Å². The molecule has 0 spiro atoms. The van der Waals surface area contributed by atoms with Crippen molar-refractivity contribution < 1.29 is 23.8 Å². The van der Waals surface area contributed by atoms with E-state index >= 15 is 0 Å². The summed E-state index contributed by atoms with van der Waals surface area (Å²) in [4.78, 5) is 24.5. The third kappa shape index (κ3) is 4.78. The maximum absolute atomic E-state index is 13.7. The second kappa shape index (κ2) is 7.69. The van der Waals surface area contributed by atoms with Crippen LogP contribution in [-0.2, 0) is 20.7 Å². The van der Waals surface area contributed by atoms with E-state index in [1.165, 1.54) is 6.07 Å². The first-order valence-corrected chi connectivity index (χ1v) is 7.80. The predicted molar refractivity (Wildman–Crippen MR) is 81.0 cm³/mol. The minimum absolute atomic E-state index is 0.110. The highest BCUT2D eigenvalue weighted by Gasteiger charge is 2.25. The number of morpholine rings is 1. The number of aliphatic carboxylic acids is 1. The third-order valence-corrected chi connectivity index (χ3v) is 4.01. The van der Waals surface area contributed by atoms with Crippen molar-refractivity contribution in [2.45, 2.75) is 25.4 Å². The van der Waals surface area contributed by atoms with E-state index in [1.807, 2.05) is 0 Å². The van der Waals surface area contributed by atoms with E-state index in [2.05, 4.69) is 15.9 Å². The van der Waals surface area contributed by atoms with Crippen LogP contribution in [0.1, 0.15) is 18.4 Å². The van der Waals surface area contributed by atoms with Crippen LogP contribution in [0.5, 0.6) is 0 Å². The molecule has 1 aliphatic heterocycles. The SMILES string of the molecule is O=C(O)CC1CN(C(=O)CCc2ccc(Br)cc2F)CCO1. The molecule has 1 heterocycles. The number of halogens is 2. The second-order valence-corrected chi connectivity index (χ2v) is 6.08. The Kier molecular flexibility index (Phi) is 5.90. The minimum Gasteiger partial charge on any atom is -0.481 e. The molecule has 0 bridgehead atoms. The van der Waals surface area contributed by atoms with Gasteiger partial charge < -0.3 is 14.7 Å². The van der Waals surface area contributed by atoms with Crippen LogP contribution >= 0.6 is 15.9 Å². The maximum Gasteiger partial charge on any atom is 0.306 e. The molecule has 1 unspecified atom stereocenters. The maximum atomic E-state index is 13.7. The third-order valence-electron chi connectivity index (χ3n) is 3.52. The molecule has 1 aliphatic rings. The number of carboxylic acids is 1. The van der Waals surface area contributed by atoms with Gasteiger partial charge in [0.25, 0.3) is 0 Å². The average molecular weight is 374 g/mol. The molecule has 120 valence electrons. The zero-order valence-electron chi connectivity index (χ0n) is 11.9. The molecule has 1 aromatic carbocycles. The largest absolute Gasteiger partial charge is 0.481 e. The van der Waals surface area contributed by atoms with Crippen LogP contribution in [-0.4, -0.2) is 47.7 Å². The summed E-state index contributed by atoms with van der Waals surface area (Å²) in [6, 6.07) is 4.76. The summed E-state index contributed by atoms with van der Waals surface area (Å²) in [5, 5.41) is 8.77. The second-order valence-electron chi connectivity index (χ2n) is 5.17. The first-order valence-electron chi connectivity index (χ1n) is 7.01. The molecule has 2 rings (SSSR count). The van der Waals surface area contributed by atoms with Gasteiger partial charge in [-0.3, -0.25) is 9.59 Å². The molecular formula is C15H17BrFNO4. The number of hydrogen-bond acceptors (Lipinski definition) is 3. The molecule has 1 atom stereocenters.